The molecule has 8 rings (SSSR count). The topological polar surface area (TPSA) is 62.1 Å². The minimum Gasteiger partial charge on any atom is -0.399 e. The van der Waals surface area contributed by atoms with Crippen molar-refractivity contribution in [3.63, 3.8) is 0 Å². The van der Waals surface area contributed by atoms with E-state index in [4.69, 9.17) is 24.3 Å². The molecule has 0 amide bonds. The van der Waals surface area contributed by atoms with Crippen molar-refractivity contribution in [1.29, 1.82) is 0 Å². The van der Waals surface area contributed by atoms with E-state index in [2.05, 4.69) is 123 Å². The number of aromatic nitrogens is 4. The molecule has 2 aromatic heterocycles. The molecule has 1 fully saturated rings. The molecule has 6 nitrogen and oxygen atoms in total. The van der Waals surface area contributed by atoms with Gasteiger partial charge >= 0.3 is 7.12 Å². The summed E-state index contributed by atoms with van der Waals surface area (Å²) in [5, 5.41) is 2.18. The number of hydrogen-bond donors (Lipinski definition) is 0. The van der Waals surface area contributed by atoms with Gasteiger partial charge in [-0.3, -0.25) is 4.57 Å². The summed E-state index contributed by atoms with van der Waals surface area (Å²) in [5.74, 6) is 1.79. The maximum absolute atomic E-state index is 6.41. The molecule has 5 aromatic carbocycles. The molecule has 0 saturated carbocycles. The van der Waals surface area contributed by atoms with Gasteiger partial charge in [-0.25, -0.2) is 4.98 Å². The van der Waals surface area contributed by atoms with E-state index in [1.165, 1.54) is 5.56 Å². The van der Waals surface area contributed by atoms with E-state index in [1.54, 1.807) is 0 Å². The number of rotatable bonds is 5. The highest BCUT2D eigenvalue weighted by molar-refractivity contribution is 6.62. The second kappa shape index (κ2) is 10.8. The summed E-state index contributed by atoms with van der Waals surface area (Å²) in [5.41, 5.74) is 6.30. The van der Waals surface area contributed by atoms with E-state index in [-0.39, 0.29) is 0 Å². The van der Waals surface area contributed by atoms with Gasteiger partial charge in [-0.15, -0.1) is 0 Å². The Morgan fingerprint density at radius 2 is 1.00 bits per heavy atom. The Morgan fingerprint density at radius 1 is 0.500 bits per heavy atom. The first-order valence-electron chi connectivity index (χ1n) is 15.6. The Kier molecular flexibility index (Phi) is 6.64. The third kappa shape index (κ3) is 4.80. The predicted molar refractivity (Wildman–Crippen MR) is 186 cm³/mol. The zero-order valence-electron chi connectivity index (χ0n) is 26.3. The van der Waals surface area contributed by atoms with Gasteiger partial charge in [0.15, 0.2) is 11.6 Å². The van der Waals surface area contributed by atoms with Gasteiger partial charge in [-0.2, -0.15) is 9.97 Å². The molecule has 0 unspecified atom stereocenters. The fourth-order valence-corrected chi connectivity index (χ4v) is 6.08. The smallest absolute Gasteiger partial charge is 0.399 e. The number of fused-ring (bicyclic) bond motifs is 3. The summed E-state index contributed by atoms with van der Waals surface area (Å²) in [4.78, 5) is 15.1. The first-order valence-corrected chi connectivity index (χ1v) is 15.6. The lowest BCUT2D eigenvalue weighted by atomic mass is 9.78. The molecule has 7 heteroatoms. The number of nitrogens with zero attached hydrogens (tertiary/aromatic N) is 4. The fourth-order valence-electron chi connectivity index (χ4n) is 6.08. The van der Waals surface area contributed by atoms with Crippen molar-refractivity contribution in [2.45, 2.75) is 38.9 Å². The van der Waals surface area contributed by atoms with Gasteiger partial charge in [0.1, 0.15) is 0 Å². The average molecular weight is 601 g/mol. The van der Waals surface area contributed by atoms with Crippen molar-refractivity contribution < 1.29 is 9.31 Å². The van der Waals surface area contributed by atoms with Crippen molar-refractivity contribution in [3.05, 3.63) is 127 Å². The summed E-state index contributed by atoms with van der Waals surface area (Å²) in [6.07, 6.45) is 0. The lowest BCUT2D eigenvalue weighted by Gasteiger charge is -2.32. The zero-order valence-corrected chi connectivity index (χ0v) is 26.3. The lowest BCUT2D eigenvalue weighted by Crippen LogP contribution is -2.41. The molecule has 0 bridgehead atoms. The largest absolute Gasteiger partial charge is 0.494 e. The molecule has 3 heterocycles. The normalized spacial score (nSPS) is 15.5. The van der Waals surface area contributed by atoms with Crippen molar-refractivity contribution in [2.24, 2.45) is 0 Å². The Balaban J connectivity index is 1.29. The summed E-state index contributed by atoms with van der Waals surface area (Å²) in [6.45, 7) is 8.31. The maximum Gasteiger partial charge on any atom is 0.494 e. The van der Waals surface area contributed by atoms with Crippen molar-refractivity contribution >= 4 is 34.4 Å². The van der Waals surface area contributed by atoms with Crippen LogP contribution in [0.1, 0.15) is 27.7 Å². The quantitative estimate of drug-likeness (QED) is 0.186. The minimum atomic E-state index is -0.455. The highest BCUT2D eigenvalue weighted by Gasteiger charge is 2.51. The summed E-state index contributed by atoms with van der Waals surface area (Å²) in [7, 11) is -0.455. The fraction of sp³-hybridized carbons (Fsp3) is 0.154. The molecule has 224 valence electrons. The van der Waals surface area contributed by atoms with Crippen LogP contribution in [0.5, 0.6) is 0 Å². The summed E-state index contributed by atoms with van der Waals surface area (Å²) >= 11 is 0. The number of para-hydroxylation sites is 1. The number of hydrogen-bond acceptors (Lipinski definition) is 5. The third-order valence-corrected chi connectivity index (χ3v) is 9.33. The molecular formula is C39H33BN4O2. The molecule has 7 aromatic rings. The van der Waals surface area contributed by atoms with Crippen LogP contribution in [0.3, 0.4) is 0 Å². The van der Waals surface area contributed by atoms with E-state index in [9.17, 15) is 0 Å². The highest BCUT2D eigenvalue weighted by atomic mass is 16.7. The first-order chi connectivity index (χ1) is 22.3. The molecule has 1 aliphatic heterocycles. The van der Waals surface area contributed by atoms with Gasteiger partial charge in [0.2, 0.25) is 5.95 Å². The van der Waals surface area contributed by atoms with E-state index in [0.29, 0.717) is 17.6 Å². The molecule has 0 N–H and O–H groups in total. The second-order valence-electron chi connectivity index (χ2n) is 12.8. The van der Waals surface area contributed by atoms with E-state index >= 15 is 0 Å². The first kappa shape index (κ1) is 28.4. The Hall–Kier alpha value is -5.11. The SMILES string of the molecule is CC1(C)OB(c2ccc3c(c2)c2ccccc2n3-c2nc(-c3ccccc3)nc(-c3ccc(-c4ccccc4)cc3)n2)OC1(C)C. The standard InChI is InChI=1S/C39H33BN4O2/c1-38(2)39(3,4)46-40(45-38)30-23-24-34-32(25-30)31-17-11-12-18-33(31)44(34)37-42-35(28-15-9-6-10-16-28)41-36(43-37)29-21-19-27(20-22-29)26-13-7-5-8-14-26/h5-25H,1-4H3. The minimum absolute atomic E-state index is 0.422. The molecule has 0 aliphatic carbocycles. The second-order valence-corrected chi connectivity index (χ2v) is 12.8. The lowest BCUT2D eigenvalue weighted by molar-refractivity contribution is 0.00578. The molecule has 0 atom stereocenters. The molecule has 46 heavy (non-hydrogen) atoms. The van der Waals surface area contributed by atoms with Crippen LogP contribution in [0.15, 0.2) is 127 Å². The Labute approximate surface area is 268 Å². The van der Waals surface area contributed by atoms with E-state index in [1.807, 2.05) is 36.4 Å². The van der Waals surface area contributed by atoms with E-state index in [0.717, 1.165) is 44.0 Å². The van der Waals surface area contributed by atoms with Gasteiger partial charge in [-0.05, 0) is 56.4 Å². The van der Waals surface area contributed by atoms with Crippen LogP contribution < -0.4 is 5.46 Å². The third-order valence-electron chi connectivity index (χ3n) is 9.33. The van der Waals surface area contributed by atoms with Crippen LogP contribution in [0.25, 0.3) is 61.7 Å². The van der Waals surface area contributed by atoms with Crippen LogP contribution in [0, 0.1) is 0 Å². The maximum atomic E-state index is 6.41. The average Bonchev–Trinajstić information content (AvgIpc) is 3.53. The molecule has 0 radical (unpaired) electrons. The van der Waals surface area contributed by atoms with Crippen LogP contribution in [-0.4, -0.2) is 37.8 Å². The number of benzene rings is 5. The monoisotopic (exact) mass is 600 g/mol. The van der Waals surface area contributed by atoms with Gasteiger partial charge in [0.25, 0.3) is 0 Å². The van der Waals surface area contributed by atoms with Crippen LogP contribution >= 0.6 is 0 Å². The molecule has 1 saturated heterocycles. The molecule has 1 aliphatic rings. The summed E-state index contributed by atoms with van der Waals surface area (Å²) in [6, 6.07) is 43.6. The van der Waals surface area contributed by atoms with Gasteiger partial charge in [0, 0.05) is 21.9 Å². The Morgan fingerprint density at radius 3 is 1.65 bits per heavy atom. The van der Waals surface area contributed by atoms with Gasteiger partial charge in [-0.1, -0.05) is 115 Å². The van der Waals surface area contributed by atoms with Gasteiger partial charge in [0.05, 0.1) is 22.2 Å². The van der Waals surface area contributed by atoms with Crippen molar-refractivity contribution in [2.75, 3.05) is 0 Å². The van der Waals surface area contributed by atoms with Crippen molar-refractivity contribution in [1.82, 2.24) is 19.5 Å². The molecule has 0 spiro atoms. The predicted octanol–water partition coefficient (Wildman–Crippen LogP) is 8.27. The van der Waals surface area contributed by atoms with Crippen LogP contribution in [-0.2, 0) is 9.31 Å². The van der Waals surface area contributed by atoms with E-state index < -0.39 is 18.3 Å². The van der Waals surface area contributed by atoms with Gasteiger partial charge < -0.3 is 9.31 Å². The highest BCUT2D eigenvalue weighted by Crippen LogP contribution is 2.38. The summed E-state index contributed by atoms with van der Waals surface area (Å²) < 4.78 is 14.9. The Bertz CT molecular complexity index is 2200. The van der Waals surface area contributed by atoms with Crippen LogP contribution in [0.4, 0.5) is 0 Å². The zero-order chi connectivity index (χ0) is 31.5. The van der Waals surface area contributed by atoms with Crippen molar-refractivity contribution in [3.8, 4) is 39.9 Å². The van der Waals surface area contributed by atoms with Crippen LogP contribution in [0.2, 0.25) is 0 Å². The molecular weight excluding hydrogens is 567 g/mol.